The first-order chi connectivity index (χ1) is 12.5. The van der Waals surface area contributed by atoms with E-state index in [1.807, 2.05) is 5.06 Å². The molecule has 0 bridgehead atoms. The summed E-state index contributed by atoms with van der Waals surface area (Å²) in [5, 5.41) is 5.54. The monoisotopic (exact) mass is 358 g/mol. The molecule has 0 aromatic heterocycles. The SMILES string of the molecule is CON1CCC2(CC1)NCC(c1cc(C)ccc1C)=C2C(C=O)OC=O. The third-order valence-electron chi connectivity index (χ3n) is 5.61. The Kier molecular flexibility index (Phi) is 5.55. The Morgan fingerprint density at radius 2 is 1.96 bits per heavy atom. The number of piperidine rings is 1. The second kappa shape index (κ2) is 7.70. The normalized spacial score (nSPS) is 21.0. The highest BCUT2D eigenvalue weighted by molar-refractivity contribution is 5.82. The van der Waals surface area contributed by atoms with E-state index in [4.69, 9.17) is 9.57 Å². The van der Waals surface area contributed by atoms with Gasteiger partial charge in [0.1, 0.15) is 0 Å². The Morgan fingerprint density at radius 3 is 2.58 bits per heavy atom. The van der Waals surface area contributed by atoms with Gasteiger partial charge in [-0.3, -0.25) is 9.59 Å². The molecule has 1 saturated heterocycles. The molecule has 140 valence electrons. The summed E-state index contributed by atoms with van der Waals surface area (Å²) in [4.78, 5) is 28.1. The first-order valence-corrected chi connectivity index (χ1v) is 8.94. The Hall–Kier alpha value is -2.02. The van der Waals surface area contributed by atoms with Gasteiger partial charge in [0.05, 0.1) is 7.11 Å². The number of aldehydes is 1. The molecule has 6 heteroatoms. The number of rotatable bonds is 6. The van der Waals surface area contributed by atoms with Gasteiger partial charge in [-0.05, 0) is 43.4 Å². The van der Waals surface area contributed by atoms with Crippen molar-refractivity contribution in [2.45, 2.75) is 38.3 Å². The molecular weight excluding hydrogens is 332 g/mol. The number of benzene rings is 1. The minimum Gasteiger partial charge on any atom is -0.452 e. The molecule has 6 nitrogen and oxygen atoms in total. The molecule has 0 aliphatic carbocycles. The van der Waals surface area contributed by atoms with E-state index in [0.29, 0.717) is 13.0 Å². The molecule has 1 atom stereocenters. The van der Waals surface area contributed by atoms with Crippen LogP contribution in [-0.2, 0) is 19.2 Å². The van der Waals surface area contributed by atoms with E-state index in [1.165, 1.54) is 0 Å². The van der Waals surface area contributed by atoms with Gasteiger partial charge in [0, 0.05) is 30.7 Å². The van der Waals surface area contributed by atoms with Crippen molar-refractivity contribution in [3.63, 3.8) is 0 Å². The number of carbonyl (C=O) groups excluding carboxylic acids is 2. The van der Waals surface area contributed by atoms with Crippen molar-refractivity contribution >= 4 is 18.3 Å². The zero-order valence-electron chi connectivity index (χ0n) is 15.6. The Labute approximate surface area is 154 Å². The van der Waals surface area contributed by atoms with E-state index in [-0.39, 0.29) is 5.54 Å². The number of carbonyl (C=O) groups is 2. The van der Waals surface area contributed by atoms with Gasteiger partial charge in [-0.15, -0.1) is 0 Å². The van der Waals surface area contributed by atoms with Crippen LogP contribution in [0.2, 0.25) is 0 Å². The van der Waals surface area contributed by atoms with Crippen LogP contribution in [0.4, 0.5) is 0 Å². The quantitative estimate of drug-likeness (QED) is 0.782. The highest BCUT2D eigenvalue weighted by Gasteiger charge is 2.47. The Morgan fingerprint density at radius 1 is 1.23 bits per heavy atom. The average Bonchev–Trinajstić information content (AvgIpc) is 3.01. The molecule has 2 aliphatic rings. The van der Waals surface area contributed by atoms with Crippen LogP contribution < -0.4 is 5.32 Å². The maximum Gasteiger partial charge on any atom is 0.294 e. The topological polar surface area (TPSA) is 67.9 Å². The number of nitrogens with zero attached hydrogens (tertiary/aromatic N) is 1. The van der Waals surface area contributed by atoms with Gasteiger partial charge >= 0.3 is 0 Å². The molecule has 1 unspecified atom stereocenters. The zero-order chi connectivity index (χ0) is 18.7. The summed E-state index contributed by atoms with van der Waals surface area (Å²) >= 11 is 0. The molecule has 0 amide bonds. The lowest BCUT2D eigenvalue weighted by molar-refractivity contribution is -0.151. The fourth-order valence-corrected chi connectivity index (χ4v) is 4.21. The molecule has 2 aliphatic heterocycles. The fourth-order valence-electron chi connectivity index (χ4n) is 4.21. The van der Waals surface area contributed by atoms with Gasteiger partial charge in [0.2, 0.25) is 0 Å². The summed E-state index contributed by atoms with van der Waals surface area (Å²) < 4.78 is 5.19. The molecule has 1 aromatic carbocycles. The van der Waals surface area contributed by atoms with Crippen LogP contribution in [-0.4, -0.2) is 56.2 Å². The number of hydrogen-bond acceptors (Lipinski definition) is 6. The van der Waals surface area contributed by atoms with Crippen LogP contribution in [0, 0.1) is 13.8 Å². The van der Waals surface area contributed by atoms with E-state index in [2.05, 4.69) is 37.4 Å². The van der Waals surface area contributed by atoms with Crippen molar-refractivity contribution in [1.82, 2.24) is 10.4 Å². The molecule has 0 saturated carbocycles. The van der Waals surface area contributed by atoms with Crippen LogP contribution in [0.3, 0.4) is 0 Å². The molecular formula is C20H26N2O4. The predicted molar refractivity (Wildman–Crippen MR) is 98.4 cm³/mol. The van der Waals surface area contributed by atoms with E-state index < -0.39 is 6.10 Å². The number of aryl methyl sites for hydroxylation is 2. The zero-order valence-corrected chi connectivity index (χ0v) is 15.6. The summed E-state index contributed by atoms with van der Waals surface area (Å²) in [5.74, 6) is 0. The van der Waals surface area contributed by atoms with E-state index in [9.17, 15) is 9.59 Å². The van der Waals surface area contributed by atoms with Crippen molar-refractivity contribution in [2.75, 3.05) is 26.7 Å². The largest absolute Gasteiger partial charge is 0.452 e. The highest BCUT2D eigenvalue weighted by atomic mass is 16.7. The van der Waals surface area contributed by atoms with Crippen LogP contribution >= 0.6 is 0 Å². The second-order valence-corrected chi connectivity index (χ2v) is 7.05. The Bertz CT molecular complexity index is 721. The summed E-state index contributed by atoms with van der Waals surface area (Å²) in [6, 6.07) is 6.30. The predicted octanol–water partition coefficient (Wildman–Crippen LogP) is 1.80. The minimum absolute atomic E-state index is 0.352. The smallest absolute Gasteiger partial charge is 0.294 e. The fraction of sp³-hybridized carbons (Fsp3) is 0.500. The van der Waals surface area contributed by atoms with Crippen LogP contribution in [0.15, 0.2) is 23.8 Å². The molecule has 1 fully saturated rings. The van der Waals surface area contributed by atoms with Crippen LogP contribution in [0.25, 0.3) is 5.57 Å². The van der Waals surface area contributed by atoms with E-state index >= 15 is 0 Å². The molecule has 1 N–H and O–H groups in total. The third kappa shape index (κ3) is 3.32. The second-order valence-electron chi connectivity index (χ2n) is 7.05. The number of hydroxylamine groups is 2. The van der Waals surface area contributed by atoms with Gasteiger partial charge in [-0.1, -0.05) is 23.8 Å². The molecule has 1 aromatic rings. The van der Waals surface area contributed by atoms with Gasteiger partial charge in [-0.2, -0.15) is 5.06 Å². The first-order valence-electron chi connectivity index (χ1n) is 8.94. The molecule has 0 radical (unpaired) electrons. The number of hydrogen-bond donors (Lipinski definition) is 1. The van der Waals surface area contributed by atoms with Gasteiger partial charge in [-0.25, -0.2) is 0 Å². The van der Waals surface area contributed by atoms with Crippen molar-refractivity contribution in [3.05, 3.63) is 40.5 Å². The first kappa shape index (κ1) is 18.8. The van der Waals surface area contributed by atoms with E-state index in [0.717, 1.165) is 60.1 Å². The van der Waals surface area contributed by atoms with Crippen molar-refractivity contribution in [2.24, 2.45) is 0 Å². The van der Waals surface area contributed by atoms with E-state index in [1.54, 1.807) is 7.11 Å². The van der Waals surface area contributed by atoms with Gasteiger partial charge < -0.3 is 14.9 Å². The van der Waals surface area contributed by atoms with Gasteiger partial charge in [0.25, 0.3) is 6.47 Å². The summed E-state index contributed by atoms with van der Waals surface area (Å²) in [6.45, 7) is 6.63. The summed E-state index contributed by atoms with van der Waals surface area (Å²) in [5.41, 5.74) is 5.02. The average molecular weight is 358 g/mol. The molecule has 2 heterocycles. The summed E-state index contributed by atoms with van der Waals surface area (Å²) in [7, 11) is 1.67. The lowest BCUT2D eigenvalue weighted by Crippen LogP contribution is -2.53. The summed E-state index contributed by atoms with van der Waals surface area (Å²) in [6.07, 6.45) is 1.44. The maximum absolute atomic E-state index is 11.8. The minimum atomic E-state index is -0.869. The lowest BCUT2D eigenvalue weighted by Gasteiger charge is -2.41. The molecule has 3 rings (SSSR count). The number of ether oxygens (including phenoxy) is 1. The maximum atomic E-state index is 11.8. The van der Waals surface area contributed by atoms with Crippen molar-refractivity contribution < 1.29 is 19.2 Å². The van der Waals surface area contributed by atoms with Crippen molar-refractivity contribution in [3.8, 4) is 0 Å². The molecule has 1 spiro atoms. The van der Waals surface area contributed by atoms with Crippen LogP contribution in [0.1, 0.15) is 29.5 Å². The Balaban J connectivity index is 2.10. The van der Waals surface area contributed by atoms with Crippen LogP contribution in [0.5, 0.6) is 0 Å². The standard InChI is InChI=1S/C20H26N2O4/c1-14-4-5-15(2)16(10-14)17-11-21-20(6-8-22(25-3)9-7-20)19(17)18(12-23)26-13-24/h4-5,10,12-13,18,21H,6-9,11H2,1-3H3. The van der Waals surface area contributed by atoms with Gasteiger partial charge in [0.15, 0.2) is 12.4 Å². The highest BCUT2D eigenvalue weighted by Crippen LogP contribution is 2.42. The third-order valence-corrected chi connectivity index (χ3v) is 5.61. The molecule has 26 heavy (non-hydrogen) atoms. The lowest BCUT2D eigenvalue weighted by atomic mass is 9.78. The van der Waals surface area contributed by atoms with Crippen molar-refractivity contribution in [1.29, 1.82) is 0 Å². The number of nitrogens with one attached hydrogen (secondary N) is 1.